The van der Waals surface area contributed by atoms with Crippen molar-refractivity contribution in [3.63, 3.8) is 0 Å². The van der Waals surface area contributed by atoms with Gasteiger partial charge < -0.3 is 48.5 Å². The van der Waals surface area contributed by atoms with Gasteiger partial charge >= 0.3 is 0 Å². The minimum Gasteiger partial charge on any atom is -0.379 e. The fourth-order valence-corrected chi connectivity index (χ4v) is 2.11. The number of hydrogen-bond acceptors (Lipinski definition) is 10. The van der Waals surface area contributed by atoms with Crippen molar-refractivity contribution >= 4 is 5.91 Å². The molecule has 0 rings (SSSR count). The van der Waals surface area contributed by atoms with Crippen molar-refractivity contribution in [1.82, 2.24) is 10.6 Å². The highest BCUT2D eigenvalue weighted by molar-refractivity contribution is 5.75. The van der Waals surface area contributed by atoms with Crippen LogP contribution in [0.15, 0.2) is 0 Å². The van der Waals surface area contributed by atoms with E-state index in [0.29, 0.717) is 112 Å². The zero-order chi connectivity index (χ0) is 23.4. The number of ether oxygens (including phenoxy) is 8. The number of carbonyl (C=O) groups excluding carboxylic acids is 1. The van der Waals surface area contributed by atoms with Crippen LogP contribution in [-0.2, 0) is 42.7 Å². The lowest BCUT2D eigenvalue weighted by Crippen LogP contribution is -2.20. The Labute approximate surface area is 192 Å². The van der Waals surface area contributed by atoms with Crippen molar-refractivity contribution in [2.24, 2.45) is 0 Å². The summed E-state index contributed by atoms with van der Waals surface area (Å²) in [6.45, 7) is 9.28. The molecule has 32 heavy (non-hydrogen) atoms. The molecule has 0 aromatic carbocycles. The van der Waals surface area contributed by atoms with Crippen LogP contribution in [0.3, 0.4) is 0 Å². The van der Waals surface area contributed by atoms with E-state index in [1.807, 2.05) is 7.05 Å². The molecular formula is C21H44N2O9. The maximum atomic E-state index is 11.0. The van der Waals surface area contributed by atoms with E-state index in [4.69, 9.17) is 37.9 Å². The summed E-state index contributed by atoms with van der Waals surface area (Å²) in [5, 5.41) is 5.55. The lowest BCUT2D eigenvalue weighted by molar-refractivity contribution is -0.121. The predicted octanol–water partition coefficient (Wildman–Crippen LogP) is -0.525. The van der Waals surface area contributed by atoms with Crippen LogP contribution in [0.25, 0.3) is 0 Å². The Balaban J connectivity index is 3.02. The van der Waals surface area contributed by atoms with Crippen molar-refractivity contribution in [3.8, 4) is 0 Å². The van der Waals surface area contributed by atoms with Crippen molar-refractivity contribution < 1.29 is 42.7 Å². The predicted molar refractivity (Wildman–Crippen MR) is 119 cm³/mol. The molecule has 192 valence electrons. The second kappa shape index (κ2) is 28.1. The first-order valence-electron chi connectivity index (χ1n) is 11.3. The third kappa shape index (κ3) is 27.1. The molecule has 11 nitrogen and oxygen atoms in total. The maximum Gasteiger partial charge on any atom is 0.222 e. The summed E-state index contributed by atoms with van der Waals surface area (Å²) in [4.78, 5) is 11.0. The molecule has 0 atom stereocenters. The molecule has 1 amide bonds. The Hall–Kier alpha value is -0.890. The van der Waals surface area contributed by atoms with Gasteiger partial charge in [-0.1, -0.05) is 0 Å². The number of rotatable bonds is 27. The maximum absolute atomic E-state index is 11.0. The van der Waals surface area contributed by atoms with Gasteiger partial charge in [-0.25, -0.2) is 0 Å². The molecule has 0 saturated carbocycles. The van der Waals surface area contributed by atoms with Gasteiger partial charge in [-0.3, -0.25) is 4.79 Å². The molecule has 0 aliphatic heterocycles. The van der Waals surface area contributed by atoms with E-state index in [0.717, 1.165) is 6.54 Å². The van der Waals surface area contributed by atoms with E-state index in [1.54, 1.807) is 7.05 Å². The van der Waals surface area contributed by atoms with Gasteiger partial charge in [-0.15, -0.1) is 0 Å². The third-order valence-corrected chi connectivity index (χ3v) is 3.85. The average molecular weight is 469 g/mol. The minimum atomic E-state index is -0.0304. The van der Waals surface area contributed by atoms with Crippen LogP contribution in [-0.4, -0.2) is 132 Å². The average Bonchev–Trinajstić information content (AvgIpc) is 2.81. The van der Waals surface area contributed by atoms with Crippen LogP contribution in [0.5, 0.6) is 0 Å². The molecule has 0 saturated heterocycles. The second-order valence-corrected chi connectivity index (χ2v) is 6.43. The molecule has 0 spiro atoms. The Morgan fingerprint density at radius 3 is 1.03 bits per heavy atom. The van der Waals surface area contributed by atoms with Crippen LogP contribution in [0.1, 0.15) is 6.42 Å². The van der Waals surface area contributed by atoms with Gasteiger partial charge in [0.15, 0.2) is 0 Å². The SMILES string of the molecule is CNCCOCCOCCOCCOCCOCCOCCOCCOCCC(=O)NC. The summed E-state index contributed by atoms with van der Waals surface area (Å²) in [6, 6.07) is 0. The Kier molecular flexibility index (Phi) is 27.4. The fourth-order valence-electron chi connectivity index (χ4n) is 2.11. The first-order valence-corrected chi connectivity index (χ1v) is 11.3. The number of likely N-dealkylation sites (N-methyl/N-ethyl adjacent to an activating group) is 1. The van der Waals surface area contributed by atoms with Gasteiger partial charge in [0.25, 0.3) is 0 Å². The van der Waals surface area contributed by atoms with Crippen molar-refractivity contribution in [2.75, 3.05) is 126 Å². The zero-order valence-electron chi connectivity index (χ0n) is 19.9. The monoisotopic (exact) mass is 468 g/mol. The quantitative estimate of drug-likeness (QED) is 0.153. The largest absolute Gasteiger partial charge is 0.379 e. The van der Waals surface area contributed by atoms with E-state index in [9.17, 15) is 4.79 Å². The normalized spacial score (nSPS) is 11.2. The summed E-state index contributed by atoms with van der Waals surface area (Å²) in [7, 11) is 3.50. The van der Waals surface area contributed by atoms with E-state index in [2.05, 4.69) is 10.6 Å². The Bertz CT molecular complexity index is 379. The topological polar surface area (TPSA) is 115 Å². The molecule has 0 bridgehead atoms. The first kappa shape index (κ1) is 31.1. The van der Waals surface area contributed by atoms with Crippen LogP contribution in [0, 0.1) is 0 Å². The molecule has 0 aromatic heterocycles. The Morgan fingerprint density at radius 1 is 0.469 bits per heavy atom. The van der Waals surface area contributed by atoms with E-state index >= 15 is 0 Å². The minimum absolute atomic E-state index is 0.0304. The van der Waals surface area contributed by atoms with Crippen LogP contribution in [0.4, 0.5) is 0 Å². The summed E-state index contributed by atoms with van der Waals surface area (Å²) < 4.78 is 43.0. The van der Waals surface area contributed by atoms with Gasteiger partial charge in [-0.2, -0.15) is 0 Å². The number of nitrogens with one attached hydrogen (secondary N) is 2. The number of carbonyl (C=O) groups is 1. The van der Waals surface area contributed by atoms with Crippen LogP contribution in [0.2, 0.25) is 0 Å². The molecule has 0 radical (unpaired) electrons. The zero-order valence-corrected chi connectivity index (χ0v) is 19.9. The highest BCUT2D eigenvalue weighted by Gasteiger charge is 1.97. The van der Waals surface area contributed by atoms with E-state index in [1.165, 1.54) is 0 Å². The second-order valence-electron chi connectivity index (χ2n) is 6.43. The number of hydrogen-bond donors (Lipinski definition) is 2. The van der Waals surface area contributed by atoms with Crippen LogP contribution >= 0.6 is 0 Å². The lowest BCUT2D eigenvalue weighted by Gasteiger charge is -2.08. The van der Waals surface area contributed by atoms with Gasteiger partial charge in [-0.05, 0) is 7.05 Å². The molecule has 0 heterocycles. The summed E-state index contributed by atoms with van der Waals surface area (Å²) in [5.74, 6) is -0.0304. The lowest BCUT2D eigenvalue weighted by atomic mass is 10.4. The van der Waals surface area contributed by atoms with Gasteiger partial charge in [0, 0.05) is 20.0 Å². The van der Waals surface area contributed by atoms with Crippen molar-refractivity contribution in [3.05, 3.63) is 0 Å². The van der Waals surface area contributed by atoms with Gasteiger partial charge in [0.2, 0.25) is 5.91 Å². The molecule has 0 unspecified atom stereocenters. The fraction of sp³-hybridized carbons (Fsp3) is 0.952. The van der Waals surface area contributed by atoms with Crippen molar-refractivity contribution in [1.29, 1.82) is 0 Å². The number of amides is 1. The molecule has 0 aliphatic rings. The molecule has 0 fully saturated rings. The third-order valence-electron chi connectivity index (χ3n) is 3.85. The molecule has 0 aliphatic carbocycles. The van der Waals surface area contributed by atoms with E-state index < -0.39 is 0 Å². The highest BCUT2D eigenvalue weighted by Crippen LogP contribution is 1.86. The molecular weight excluding hydrogens is 424 g/mol. The summed E-state index contributed by atoms with van der Waals surface area (Å²) >= 11 is 0. The Morgan fingerprint density at radius 2 is 0.750 bits per heavy atom. The summed E-state index contributed by atoms with van der Waals surface area (Å²) in [5.41, 5.74) is 0. The van der Waals surface area contributed by atoms with Gasteiger partial charge in [0.05, 0.1) is 106 Å². The molecule has 11 heteroatoms. The first-order chi connectivity index (χ1) is 15.8. The van der Waals surface area contributed by atoms with Gasteiger partial charge in [0.1, 0.15) is 0 Å². The smallest absolute Gasteiger partial charge is 0.222 e. The van der Waals surface area contributed by atoms with E-state index in [-0.39, 0.29) is 5.91 Å². The van der Waals surface area contributed by atoms with Crippen LogP contribution < -0.4 is 10.6 Å². The van der Waals surface area contributed by atoms with Crippen molar-refractivity contribution in [2.45, 2.75) is 6.42 Å². The summed E-state index contributed by atoms with van der Waals surface area (Å²) in [6.07, 6.45) is 0.363. The standard InChI is InChI=1S/C21H44N2O9/c1-22-4-6-26-8-10-28-12-14-30-16-18-32-20-19-31-17-15-29-13-11-27-9-7-25-5-3-21(24)23-2/h22H,3-20H2,1-2H3,(H,23,24). The molecule has 2 N–H and O–H groups in total. The highest BCUT2D eigenvalue weighted by atomic mass is 16.6. The molecule has 0 aromatic rings.